The normalized spacial score (nSPS) is 12.6. The van der Waals surface area contributed by atoms with Gasteiger partial charge in [0, 0.05) is 12.8 Å². The number of nitrogens with one attached hydrogen (secondary N) is 1. The number of unbranched alkanes of at least 4 members (excludes halogenated alkanes) is 56. The zero-order valence-corrected chi connectivity index (χ0v) is 54.3. The predicted molar refractivity (Wildman–Crippen MR) is 352 cm³/mol. The predicted octanol–water partition coefficient (Wildman–Crippen LogP) is 23.7. The first-order valence-corrected chi connectivity index (χ1v) is 36.6. The Morgan fingerprint density at radius 1 is 0.338 bits per heavy atom. The third-order valence-electron chi connectivity index (χ3n) is 17.2. The lowest BCUT2D eigenvalue weighted by atomic mass is 10.0. The van der Waals surface area contributed by atoms with Crippen molar-refractivity contribution in [1.29, 1.82) is 0 Å². The summed E-state index contributed by atoms with van der Waals surface area (Å²) < 4.78 is 5.49. The summed E-state index contributed by atoms with van der Waals surface area (Å²) in [6.45, 7) is 4.90. The van der Waals surface area contributed by atoms with Gasteiger partial charge in [-0.1, -0.05) is 366 Å². The van der Waals surface area contributed by atoms with Gasteiger partial charge in [-0.15, -0.1) is 0 Å². The number of esters is 1. The van der Waals surface area contributed by atoms with Crippen molar-refractivity contribution in [3.8, 4) is 0 Å². The van der Waals surface area contributed by atoms with Crippen molar-refractivity contribution in [2.75, 3.05) is 13.2 Å². The molecule has 0 radical (unpaired) electrons. The Labute approximate surface area is 501 Å². The van der Waals surface area contributed by atoms with Crippen LogP contribution in [0.1, 0.15) is 412 Å². The lowest BCUT2D eigenvalue weighted by Gasteiger charge is -2.20. The number of hydrogen-bond donors (Lipinski definition) is 3. The van der Waals surface area contributed by atoms with Gasteiger partial charge in [-0.05, 0) is 57.8 Å². The molecule has 0 aliphatic rings. The average molecular weight is 1130 g/mol. The Bertz CT molecular complexity index is 1250. The lowest BCUT2D eigenvalue weighted by Crippen LogP contribution is -2.45. The van der Waals surface area contributed by atoms with Crippen molar-refractivity contribution >= 4 is 11.9 Å². The van der Waals surface area contributed by atoms with Crippen molar-refractivity contribution in [3.63, 3.8) is 0 Å². The molecule has 1 amide bonds. The molecule has 0 aliphatic carbocycles. The fourth-order valence-corrected chi connectivity index (χ4v) is 11.6. The first kappa shape index (κ1) is 78.3. The molecule has 474 valence electrons. The van der Waals surface area contributed by atoms with E-state index in [2.05, 4.69) is 31.3 Å². The molecule has 6 nitrogen and oxygen atoms in total. The summed E-state index contributed by atoms with van der Waals surface area (Å²) in [5.74, 6) is -0.0462. The van der Waals surface area contributed by atoms with Gasteiger partial charge in [-0.2, -0.15) is 0 Å². The second kappa shape index (κ2) is 69.8. The second-order valence-corrected chi connectivity index (χ2v) is 25.3. The molecule has 6 heteroatoms. The van der Waals surface area contributed by atoms with E-state index < -0.39 is 12.1 Å². The van der Waals surface area contributed by atoms with Crippen LogP contribution in [0.2, 0.25) is 0 Å². The molecule has 0 rings (SSSR count). The Balaban J connectivity index is 3.27. The van der Waals surface area contributed by atoms with E-state index in [-0.39, 0.29) is 18.5 Å². The molecular weight excluding hydrogens is 983 g/mol. The summed E-state index contributed by atoms with van der Waals surface area (Å²) in [5, 5.41) is 23.0. The number of amides is 1. The minimum absolute atomic E-state index is 0.0158. The van der Waals surface area contributed by atoms with Crippen LogP contribution < -0.4 is 5.32 Å². The molecule has 0 aromatic heterocycles. The van der Waals surface area contributed by atoms with Crippen LogP contribution in [-0.4, -0.2) is 47.4 Å². The van der Waals surface area contributed by atoms with Gasteiger partial charge in [0.2, 0.25) is 5.91 Å². The molecule has 2 atom stereocenters. The number of carbonyl (C=O) groups excluding carboxylic acids is 2. The number of aliphatic hydroxyl groups excluding tert-OH is 2. The molecule has 2 unspecified atom stereocenters. The highest BCUT2D eigenvalue weighted by Crippen LogP contribution is 2.19. The van der Waals surface area contributed by atoms with Crippen molar-refractivity contribution in [3.05, 3.63) is 24.3 Å². The Morgan fingerprint density at radius 2 is 0.588 bits per heavy atom. The van der Waals surface area contributed by atoms with E-state index in [0.717, 1.165) is 44.9 Å². The van der Waals surface area contributed by atoms with Crippen molar-refractivity contribution in [1.82, 2.24) is 5.32 Å². The molecule has 0 fully saturated rings. The Hall–Kier alpha value is -1.66. The fraction of sp³-hybridized carbons (Fsp3) is 0.919. The van der Waals surface area contributed by atoms with Crippen molar-refractivity contribution < 1.29 is 24.5 Å². The van der Waals surface area contributed by atoms with Crippen LogP contribution in [-0.2, 0) is 14.3 Å². The van der Waals surface area contributed by atoms with E-state index in [1.54, 1.807) is 6.08 Å². The molecule has 0 saturated carbocycles. The van der Waals surface area contributed by atoms with Crippen molar-refractivity contribution in [2.24, 2.45) is 0 Å². The molecule has 0 heterocycles. The van der Waals surface area contributed by atoms with E-state index in [4.69, 9.17) is 4.74 Å². The standard InChI is InChI=1S/C74H143NO5/c1-3-5-7-9-11-13-15-16-45-48-52-56-60-64-68-74(79)80-69-65-61-57-53-49-46-43-41-39-37-35-33-31-29-27-25-23-21-19-17-18-20-22-24-26-28-30-32-34-36-38-40-42-44-47-51-55-59-63-67-73(78)75-71(70-76)72(77)66-62-58-54-50-14-12-10-8-6-4-2/h15-16,62,66,71-72,76-77H,3-14,17-61,63-65,67-70H2,1-2H3,(H,75,78)/b16-15-,66-62+. The Kier molecular flexibility index (Phi) is 68.4. The van der Waals surface area contributed by atoms with E-state index in [0.29, 0.717) is 19.4 Å². The number of hydrogen-bond acceptors (Lipinski definition) is 5. The summed E-state index contributed by atoms with van der Waals surface area (Å²) in [7, 11) is 0. The third kappa shape index (κ3) is 65.5. The van der Waals surface area contributed by atoms with Gasteiger partial charge in [0.15, 0.2) is 0 Å². The SMILES string of the molecule is CCCCCCC/C=C\CCCCCCCC(=O)OCCCCCCCCCCCCCCCCCCCCCCCCCCCCCCCCCCCCCCCCCC(=O)NC(CO)C(O)/C=C/CCCCCCCCCC. The number of rotatable bonds is 69. The molecular formula is C74H143NO5. The lowest BCUT2D eigenvalue weighted by molar-refractivity contribution is -0.143. The molecule has 0 spiro atoms. The van der Waals surface area contributed by atoms with Gasteiger partial charge in [-0.25, -0.2) is 0 Å². The van der Waals surface area contributed by atoms with Gasteiger partial charge in [-0.3, -0.25) is 9.59 Å². The van der Waals surface area contributed by atoms with Crippen LogP contribution in [0, 0.1) is 0 Å². The molecule has 0 aliphatic heterocycles. The molecule has 0 aromatic rings. The molecule has 0 bridgehead atoms. The maximum atomic E-state index is 12.4. The zero-order chi connectivity index (χ0) is 57.8. The van der Waals surface area contributed by atoms with Crippen LogP contribution in [0.5, 0.6) is 0 Å². The topological polar surface area (TPSA) is 95.9 Å². The monoisotopic (exact) mass is 1130 g/mol. The second-order valence-electron chi connectivity index (χ2n) is 25.3. The molecule has 0 aromatic carbocycles. The van der Waals surface area contributed by atoms with Gasteiger partial charge in [0.05, 0.1) is 25.4 Å². The van der Waals surface area contributed by atoms with Gasteiger partial charge >= 0.3 is 5.97 Å². The third-order valence-corrected chi connectivity index (χ3v) is 17.2. The summed E-state index contributed by atoms with van der Waals surface area (Å²) in [6.07, 6.45) is 88.8. The first-order chi connectivity index (χ1) is 39.5. The first-order valence-electron chi connectivity index (χ1n) is 36.6. The maximum Gasteiger partial charge on any atom is 0.305 e. The van der Waals surface area contributed by atoms with E-state index in [9.17, 15) is 19.8 Å². The maximum absolute atomic E-state index is 12.4. The van der Waals surface area contributed by atoms with Gasteiger partial charge < -0.3 is 20.3 Å². The van der Waals surface area contributed by atoms with Crippen LogP contribution in [0.15, 0.2) is 24.3 Å². The van der Waals surface area contributed by atoms with Crippen LogP contribution in [0.4, 0.5) is 0 Å². The Morgan fingerprint density at radius 3 is 0.887 bits per heavy atom. The minimum Gasteiger partial charge on any atom is -0.466 e. The highest BCUT2D eigenvalue weighted by atomic mass is 16.5. The highest BCUT2D eigenvalue weighted by molar-refractivity contribution is 5.76. The molecule has 3 N–H and O–H groups in total. The zero-order valence-electron chi connectivity index (χ0n) is 54.3. The summed E-state index contributed by atoms with van der Waals surface area (Å²) in [5.41, 5.74) is 0. The quantitative estimate of drug-likeness (QED) is 0.0320. The number of allylic oxidation sites excluding steroid dienone is 3. The number of ether oxygens (including phenoxy) is 1. The van der Waals surface area contributed by atoms with Gasteiger partial charge in [0.25, 0.3) is 0 Å². The minimum atomic E-state index is -0.838. The number of carbonyl (C=O) groups is 2. The van der Waals surface area contributed by atoms with Crippen LogP contribution in [0.25, 0.3) is 0 Å². The average Bonchev–Trinajstić information content (AvgIpc) is 3.46. The van der Waals surface area contributed by atoms with Crippen LogP contribution in [0.3, 0.4) is 0 Å². The van der Waals surface area contributed by atoms with E-state index in [1.807, 2.05) is 6.08 Å². The van der Waals surface area contributed by atoms with E-state index >= 15 is 0 Å². The van der Waals surface area contributed by atoms with Crippen LogP contribution >= 0.6 is 0 Å². The fourth-order valence-electron chi connectivity index (χ4n) is 11.6. The summed E-state index contributed by atoms with van der Waals surface area (Å²) in [4.78, 5) is 24.5. The van der Waals surface area contributed by atoms with Crippen molar-refractivity contribution in [2.45, 2.75) is 424 Å². The van der Waals surface area contributed by atoms with Gasteiger partial charge in [0.1, 0.15) is 0 Å². The summed E-state index contributed by atoms with van der Waals surface area (Å²) >= 11 is 0. The van der Waals surface area contributed by atoms with E-state index in [1.165, 1.54) is 340 Å². The number of aliphatic hydroxyl groups is 2. The highest BCUT2D eigenvalue weighted by Gasteiger charge is 2.18. The largest absolute Gasteiger partial charge is 0.466 e. The smallest absolute Gasteiger partial charge is 0.305 e. The molecule has 80 heavy (non-hydrogen) atoms. The molecule has 0 saturated heterocycles. The summed E-state index contributed by atoms with van der Waals surface area (Å²) in [6, 6.07) is -0.621.